The van der Waals surface area contributed by atoms with Crippen LogP contribution in [0.2, 0.25) is 0 Å². The summed E-state index contributed by atoms with van der Waals surface area (Å²) in [6, 6.07) is 6.54. The summed E-state index contributed by atoms with van der Waals surface area (Å²) in [4.78, 5) is 0. The van der Waals surface area contributed by atoms with E-state index in [1.54, 1.807) is 0 Å². The molecule has 0 aliphatic carbocycles. The van der Waals surface area contributed by atoms with E-state index in [9.17, 15) is 0 Å². The zero-order valence-electron chi connectivity index (χ0n) is 8.65. The smallest absolute Gasteiger partial charge is 0.0523 e. The summed E-state index contributed by atoms with van der Waals surface area (Å²) in [5.41, 5.74) is 3.20. The topological polar surface area (TPSA) is 24.1 Å². The van der Waals surface area contributed by atoms with Gasteiger partial charge in [-0.1, -0.05) is 12.1 Å². The Morgan fingerprint density at radius 3 is 2.87 bits per heavy atom. The molecular weight excluding hydrogens is 252 g/mol. The number of hydrogen-bond donors (Lipinski definition) is 2. The summed E-state index contributed by atoms with van der Waals surface area (Å²) < 4.78 is 1.20. The highest BCUT2D eigenvalue weighted by atomic mass is 79.9. The Morgan fingerprint density at radius 1 is 1.20 bits per heavy atom. The van der Waals surface area contributed by atoms with Crippen LogP contribution in [0.1, 0.15) is 18.4 Å². The minimum atomic E-state index is 0.393. The first-order chi connectivity index (χ1) is 7.32. The molecule has 2 N–H and O–H groups in total. The summed E-state index contributed by atoms with van der Waals surface area (Å²) in [5.74, 6) is 0. The van der Waals surface area contributed by atoms with Gasteiger partial charge >= 0.3 is 0 Å². The number of rotatable bonds is 0. The van der Waals surface area contributed by atoms with Crippen LogP contribution in [0.4, 0.5) is 5.69 Å². The SMILES string of the molecule is Brc1cccc2c1NCCC21CCNC1. The monoisotopic (exact) mass is 266 g/mol. The average molecular weight is 267 g/mol. The number of para-hydroxylation sites is 1. The molecule has 1 spiro atoms. The Kier molecular flexibility index (Phi) is 2.25. The Bertz CT molecular complexity index is 383. The zero-order chi connectivity index (χ0) is 10.3. The molecule has 1 fully saturated rings. The molecule has 0 saturated carbocycles. The molecule has 15 heavy (non-hydrogen) atoms. The lowest BCUT2D eigenvalue weighted by Gasteiger charge is -2.36. The van der Waals surface area contributed by atoms with Crippen LogP contribution in [0.5, 0.6) is 0 Å². The summed E-state index contributed by atoms with van der Waals surface area (Å²) >= 11 is 3.63. The van der Waals surface area contributed by atoms with E-state index in [0.717, 1.165) is 19.6 Å². The van der Waals surface area contributed by atoms with Crippen LogP contribution >= 0.6 is 15.9 Å². The van der Waals surface area contributed by atoms with Crippen molar-refractivity contribution in [1.82, 2.24) is 5.32 Å². The third-order valence-corrected chi connectivity index (χ3v) is 4.39. The van der Waals surface area contributed by atoms with Crippen LogP contribution in [0, 0.1) is 0 Å². The molecule has 2 aliphatic heterocycles. The van der Waals surface area contributed by atoms with Gasteiger partial charge in [-0.3, -0.25) is 0 Å². The lowest BCUT2D eigenvalue weighted by molar-refractivity contribution is 0.434. The molecule has 0 bridgehead atoms. The van der Waals surface area contributed by atoms with Crippen molar-refractivity contribution in [2.75, 3.05) is 25.0 Å². The lowest BCUT2D eigenvalue weighted by Crippen LogP contribution is -2.36. The molecular formula is C12H15BrN2. The quantitative estimate of drug-likeness (QED) is 0.754. The summed E-state index contributed by atoms with van der Waals surface area (Å²) in [7, 11) is 0. The van der Waals surface area contributed by atoms with Gasteiger partial charge in [0.2, 0.25) is 0 Å². The second-order valence-electron chi connectivity index (χ2n) is 4.55. The number of fused-ring (bicyclic) bond motifs is 2. The first kappa shape index (κ1) is 9.67. The van der Waals surface area contributed by atoms with E-state index in [0.29, 0.717) is 5.41 Å². The van der Waals surface area contributed by atoms with E-state index in [4.69, 9.17) is 0 Å². The fourth-order valence-corrected chi connectivity index (χ4v) is 3.40. The van der Waals surface area contributed by atoms with Crippen molar-refractivity contribution in [2.24, 2.45) is 0 Å². The van der Waals surface area contributed by atoms with Gasteiger partial charge in [0.05, 0.1) is 5.69 Å². The molecule has 0 aromatic heterocycles. The third kappa shape index (κ3) is 1.41. The van der Waals surface area contributed by atoms with Crippen molar-refractivity contribution in [3.63, 3.8) is 0 Å². The van der Waals surface area contributed by atoms with Crippen molar-refractivity contribution >= 4 is 21.6 Å². The molecule has 1 unspecified atom stereocenters. The standard InChI is InChI=1S/C12H15BrN2/c13-10-3-1-2-9-11(10)15-7-5-12(9)4-6-14-8-12/h1-3,14-15H,4-8H2. The number of benzene rings is 1. The number of nitrogens with one attached hydrogen (secondary N) is 2. The van der Waals surface area contributed by atoms with Gasteiger partial charge in [-0.25, -0.2) is 0 Å². The lowest BCUT2D eigenvalue weighted by atomic mass is 9.74. The van der Waals surface area contributed by atoms with Gasteiger partial charge in [0, 0.05) is 23.0 Å². The molecule has 3 heteroatoms. The van der Waals surface area contributed by atoms with E-state index >= 15 is 0 Å². The minimum Gasteiger partial charge on any atom is -0.384 e. The molecule has 2 aliphatic rings. The second-order valence-corrected chi connectivity index (χ2v) is 5.40. The average Bonchev–Trinajstić information content (AvgIpc) is 2.70. The first-order valence-electron chi connectivity index (χ1n) is 5.55. The van der Waals surface area contributed by atoms with Crippen molar-refractivity contribution < 1.29 is 0 Å². The highest BCUT2D eigenvalue weighted by Crippen LogP contribution is 2.43. The fraction of sp³-hybridized carbons (Fsp3) is 0.500. The fourth-order valence-electron chi connectivity index (χ4n) is 2.89. The maximum absolute atomic E-state index is 3.63. The highest BCUT2D eigenvalue weighted by Gasteiger charge is 2.39. The summed E-state index contributed by atoms with van der Waals surface area (Å²) in [5, 5.41) is 7.01. The van der Waals surface area contributed by atoms with Gasteiger partial charge in [-0.15, -0.1) is 0 Å². The van der Waals surface area contributed by atoms with Crippen LogP contribution in [-0.4, -0.2) is 19.6 Å². The largest absolute Gasteiger partial charge is 0.384 e. The molecule has 0 amide bonds. The third-order valence-electron chi connectivity index (χ3n) is 3.73. The van der Waals surface area contributed by atoms with E-state index in [1.165, 1.54) is 28.6 Å². The summed E-state index contributed by atoms with van der Waals surface area (Å²) in [6.45, 7) is 3.39. The number of halogens is 1. The van der Waals surface area contributed by atoms with Gasteiger partial charge in [0.1, 0.15) is 0 Å². The van der Waals surface area contributed by atoms with Crippen LogP contribution < -0.4 is 10.6 Å². The normalized spacial score (nSPS) is 28.9. The van der Waals surface area contributed by atoms with Gasteiger partial charge in [-0.05, 0) is 46.9 Å². The van der Waals surface area contributed by atoms with E-state index in [1.807, 2.05) is 0 Å². The van der Waals surface area contributed by atoms with Crippen LogP contribution in [0.25, 0.3) is 0 Å². The van der Waals surface area contributed by atoms with Crippen molar-refractivity contribution in [3.8, 4) is 0 Å². The van der Waals surface area contributed by atoms with E-state index in [-0.39, 0.29) is 0 Å². The molecule has 1 aromatic carbocycles. The Hall–Kier alpha value is -0.540. The van der Waals surface area contributed by atoms with Crippen molar-refractivity contribution in [3.05, 3.63) is 28.2 Å². The molecule has 1 saturated heterocycles. The van der Waals surface area contributed by atoms with Gasteiger partial charge in [0.15, 0.2) is 0 Å². The molecule has 1 atom stereocenters. The van der Waals surface area contributed by atoms with Gasteiger partial charge < -0.3 is 10.6 Å². The van der Waals surface area contributed by atoms with Crippen LogP contribution in [0.3, 0.4) is 0 Å². The van der Waals surface area contributed by atoms with Gasteiger partial charge in [-0.2, -0.15) is 0 Å². The van der Waals surface area contributed by atoms with E-state index in [2.05, 4.69) is 44.8 Å². The summed E-state index contributed by atoms with van der Waals surface area (Å²) in [6.07, 6.45) is 2.53. The van der Waals surface area contributed by atoms with Crippen LogP contribution in [-0.2, 0) is 5.41 Å². The Labute approximate surface area is 98.6 Å². The molecule has 3 rings (SSSR count). The highest BCUT2D eigenvalue weighted by molar-refractivity contribution is 9.10. The molecule has 1 aromatic rings. The molecule has 2 heterocycles. The first-order valence-corrected chi connectivity index (χ1v) is 6.35. The van der Waals surface area contributed by atoms with Crippen molar-refractivity contribution in [2.45, 2.75) is 18.3 Å². The van der Waals surface area contributed by atoms with Gasteiger partial charge in [0.25, 0.3) is 0 Å². The Balaban J connectivity index is 2.14. The molecule has 2 nitrogen and oxygen atoms in total. The maximum Gasteiger partial charge on any atom is 0.0523 e. The van der Waals surface area contributed by atoms with Crippen LogP contribution in [0.15, 0.2) is 22.7 Å². The Morgan fingerprint density at radius 2 is 2.07 bits per heavy atom. The maximum atomic E-state index is 3.63. The molecule has 0 radical (unpaired) electrons. The number of hydrogen-bond acceptors (Lipinski definition) is 2. The predicted molar refractivity (Wildman–Crippen MR) is 66.4 cm³/mol. The van der Waals surface area contributed by atoms with E-state index < -0.39 is 0 Å². The number of anilines is 1. The minimum absolute atomic E-state index is 0.393. The second kappa shape index (κ2) is 3.49. The zero-order valence-corrected chi connectivity index (χ0v) is 10.2. The van der Waals surface area contributed by atoms with Crippen molar-refractivity contribution in [1.29, 1.82) is 0 Å². The predicted octanol–water partition coefficient (Wildman–Crippen LogP) is 2.50. The molecule has 80 valence electrons.